The van der Waals surface area contributed by atoms with Crippen LogP contribution in [0, 0.1) is 0 Å². The Bertz CT molecular complexity index is 37.4. The second kappa shape index (κ2) is 6.57. The lowest BCUT2D eigenvalue weighted by atomic mass is 10.6. The predicted octanol–water partition coefficient (Wildman–Crippen LogP) is 3.61. The minimum absolute atomic E-state index is 0. The van der Waals surface area contributed by atoms with Crippen molar-refractivity contribution in [2.45, 2.75) is 17.1 Å². The summed E-state index contributed by atoms with van der Waals surface area (Å²) >= 11 is 15.7. The van der Waals surface area contributed by atoms with Gasteiger partial charge in [0.25, 0.3) is 0 Å². The van der Waals surface area contributed by atoms with Gasteiger partial charge in [0.2, 0.25) is 0 Å². The van der Waals surface area contributed by atoms with E-state index in [1.165, 1.54) is 0 Å². The van der Waals surface area contributed by atoms with Crippen molar-refractivity contribution >= 4 is 59.6 Å². The first-order valence-corrected chi connectivity index (χ1v) is 2.76. The Balaban J connectivity index is -0.000000125. The van der Waals surface area contributed by atoms with E-state index in [-0.39, 0.29) is 24.8 Å². The summed E-state index contributed by atoms with van der Waals surface area (Å²) in [6.45, 7) is 1.81. The van der Waals surface area contributed by atoms with Gasteiger partial charge in [0.15, 0.2) is 3.79 Å². The summed E-state index contributed by atoms with van der Waals surface area (Å²) in [5.41, 5.74) is 0. The molecule has 54 valence electrons. The second-order valence-electron chi connectivity index (χ2n) is 0.969. The molecule has 0 atom stereocenters. The highest BCUT2D eigenvalue weighted by atomic mass is 35.6. The van der Waals surface area contributed by atoms with Crippen LogP contribution in [0.25, 0.3) is 0 Å². The summed E-state index contributed by atoms with van der Waals surface area (Å²) < 4.78 is -1.04. The smallest absolute Gasteiger partial charge is 0.147 e. The Morgan fingerprint density at radius 3 is 1.25 bits per heavy atom. The normalized spacial score (nSPS) is 9.00. The Labute approximate surface area is 76.7 Å². The van der Waals surface area contributed by atoms with Gasteiger partial charge in [-0.25, -0.2) is 0 Å². The molecule has 0 radical (unpaired) electrons. The van der Waals surface area contributed by atoms with Crippen LogP contribution in [0.5, 0.6) is 0 Å². The van der Waals surface area contributed by atoms with Crippen LogP contribution in [-0.4, -0.2) is 3.79 Å². The highest BCUT2D eigenvalue weighted by Gasteiger charge is 2.14. The first kappa shape index (κ1) is 16.2. The molecule has 0 spiro atoms. The number of hydrogen-bond donors (Lipinski definition) is 0. The SMILES string of the molecule is CCC(Cl)(Cl)Cl.Cl.Cl. The largest absolute Gasteiger partial charge is 0.190 e. The summed E-state index contributed by atoms with van der Waals surface area (Å²) in [4.78, 5) is 0. The van der Waals surface area contributed by atoms with Crippen molar-refractivity contribution in [2.75, 3.05) is 0 Å². The topological polar surface area (TPSA) is 0 Å². The molecule has 0 aliphatic rings. The zero-order valence-electron chi connectivity index (χ0n) is 4.16. The molecule has 0 bridgehead atoms. The number of rotatable bonds is 0. The molecule has 0 saturated heterocycles. The standard InChI is InChI=1S/C3H5Cl3.2ClH/c1-2-3(4,5)6;;/h2H2,1H3;2*1H. The van der Waals surface area contributed by atoms with E-state index >= 15 is 0 Å². The molecule has 0 aliphatic heterocycles. The van der Waals surface area contributed by atoms with Gasteiger partial charge < -0.3 is 0 Å². The number of hydrogen-bond acceptors (Lipinski definition) is 0. The minimum atomic E-state index is -1.04. The molecule has 0 nitrogen and oxygen atoms in total. The molecule has 0 heterocycles. The van der Waals surface area contributed by atoms with Crippen molar-refractivity contribution in [2.24, 2.45) is 0 Å². The van der Waals surface area contributed by atoms with Crippen LogP contribution in [0.15, 0.2) is 0 Å². The van der Waals surface area contributed by atoms with Crippen LogP contribution in [0.3, 0.4) is 0 Å². The Morgan fingerprint density at radius 2 is 1.25 bits per heavy atom. The van der Waals surface area contributed by atoms with Crippen LogP contribution < -0.4 is 0 Å². The molecule has 0 amide bonds. The van der Waals surface area contributed by atoms with E-state index < -0.39 is 3.79 Å². The van der Waals surface area contributed by atoms with E-state index in [4.69, 9.17) is 34.8 Å². The van der Waals surface area contributed by atoms with Crippen molar-refractivity contribution in [1.29, 1.82) is 0 Å². The quantitative estimate of drug-likeness (QED) is 0.547. The lowest BCUT2D eigenvalue weighted by molar-refractivity contribution is 0.974. The first-order chi connectivity index (χ1) is 2.56. The van der Waals surface area contributed by atoms with Crippen LogP contribution >= 0.6 is 59.6 Å². The molecule has 0 N–H and O–H groups in total. The molecule has 0 rings (SSSR count). The van der Waals surface area contributed by atoms with Crippen LogP contribution in [0.4, 0.5) is 0 Å². The molecule has 0 unspecified atom stereocenters. The van der Waals surface area contributed by atoms with Gasteiger partial charge in [0, 0.05) is 0 Å². The average molecular weight is 220 g/mol. The van der Waals surface area contributed by atoms with E-state index in [1.54, 1.807) is 0 Å². The highest BCUT2D eigenvalue weighted by molar-refractivity contribution is 6.67. The lowest BCUT2D eigenvalue weighted by Gasteiger charge is -2.02. The van der Waals surface area contributed by atoms with E-state index in [9.17, 15) is 0 Å². The Hall–Kier alpha value is 1.45. The fraction of sp³-hybridized carbons (Fsp3) is 1.00. The van der Waals surface area contributed by atoms with E-state index in [0.717, 1.165) is 0 Å². The second-order valence-corrected chi connectivity index (χ2v) is 3.48. The summed E-state index contributed by atoms with van der Waals surface area (Å²) in [6.07, 6.45) is 0.567. The van der Waals surface area contributed by atoms with Crippen LogP contribution in [0.1, 0.15) is 13.3 Å². The van der Waals surface area contributed by atoms with Gasteiger partial charge in [-0.3, -0.25) is 0 Å². The summed E-state index contributed by atoms with van der Waals surface area (Å²) in [7, 11) is 0. The Morgan fingerprint density at radius 1 is 1.12 bits per heavy atom. The van der Waals surface area contributed by atoms with Gasteiger partial charge in [-0.15, -0.1) is 24.8 Å². The third-order valence-corrected chi connectivity index (χ3v) is 1.20. The molecule has 0 aromatic rings. The Kier molecular flexibility index (Phi) is 13.3. The van der Waals surface area contributed by atoms with Crippen LogP contribution in [-0.2, 0) is 0 Å². The molecular formula is C3H7Cl5. The van der Waals surface area contributed by atoms with Crippen molar-refractivity contribution < 1.29 is 0 Å². The first-order valence-electron chi connectivity index (χ1n) is 1.63. The molecule has 0 aromatic heterocycles. The van der Waals surface area contributed by atoms with Gasteiger partial charge in [-0.05, 0) is 6.42 Å². The van der Waals surface area contributed by atoms with Gasteiger partial charge in [0.1, 0.15) is 0 Å². The summed E-state index contributed by atoms with van der Waals surface area (Å²) in [5, 5.41) is 0. The number of alkyl halides is 3. The van der Waals surface area contributed by atoms with Crippen LogP contribution in [0.2, 0.25) is 0 Å². The van der Waals surface area contributed by atoms with E-state index in [2.05, 4.69) is 0 Å². The molecule has 0 fully saturated rings. The lowest BCUT2D eigenvalue weighted by Crippen LogP contribution is -1.95. The van der Waals surface area contributed by atoms with Gasteiger partial charge >= 0.3 is 0 Å². The zero-order valence-corrected chi connectivity index (χ0v) is 8.06. The molecule has 0 aliphatic carbocycles. The molecule has 0 aromatic carbocycles. The fourth-order valence-electron chi connectivity index (χ4n) is 0. The zero-order chi connectivity index (χ0) is 5.21. The average Bonchev–Trinajstić information content (AvgIpc) is 1.35. The van der Waals surface area contributed by atoms with E-state index in [0.29, 0.717) is 6.42 Å². The highest BCUT2D eigenvalue weighted by Crippen LogP contribution is 2.28. The van der Waals surface area contributed by atoms with Crippen molar-refractivity contribution in [3.05, 3.63) is 0 Å². The maximum Gasteiger partial charge on any atom is 0.190 e. The predicted molar refractivity (Wildman–Crippen MR) is 45.1 cm³/mol. The maximum absolute atomic E-state index is 5.25. The molecule has 0 saturated carbocycles. The van der Waals surface area contributed by atoms with Crippen molar-refractivity contribution in [1.82, 2.24) is 0 Å². The third-order valence-electron chi connectivity index (χ3n) is 0.401. The van der Waals surface area contributed by atoms with Gasteiger partial charge in [0.05, 0.1) is 0 Å². The fourth-order valence-corrected chi connectivity index (χ4v) is 0. The molecule has 8 heavy (non-hydrogen) atoms. The van der Waals surface area contributed by atoms with Gasteiger partial charge in [-0.2, -0.15) is 0 Å². The summed E-state index contributed by atoms with van der Waals surface area (Å²) in [6, 6.07) is 0. The minimum Gasteiger partial charge on any atom is -0.147 e. The van der Waals surface area contributed by atoms with Crippen molar-refractivity contribution in [3.63, 3.8) is 0 Å². The van der Waals surface area contributed by atoms with Gasteiger partial charge in [-0.1, -0.05) is 41.7 Å². The van der Waals surface area contributed by atoms with E-state index in [1.807, 2.05) is 6.92 Å². The molecule has 5 heteroatoms. The summed E-state index contributed by atoms with van der Waals surface area (Å²) in [5.74, 6) is 0. The van der Waals surface area contributed by atoms with Crippen molar-refractivity contribution in [3.8, 4) is 0 Å². The molecular weight excluding hydrogens is 213 g/mol. The number of halogens is 5. The monoisotopic (exact) mass is 218 g/mol. The maximum atomic E-state index is 5.25. The third kappa shape index (κ3) is 15.7.